The van der Waals surface area contributed by atoms with Gasteiger partial charge in [0.1, 0.15) is 5.82 Å². The molecule has 0 fully saturated rings. The lowest BCUT2D eigenvalue weighted by Gasteiger charge is -2.07. The molecule has 0 aliphatic carbocycles. The molecule has 3 nitrogen and oxygen atoms in total. The molecule has 1 aromatic carbocycles. The lowest BCUT2D eigenvalue weighted by atomic mass is 10.1. The fourth-order valence-electron chi connectivity index (χ4n) is 1.79. The maximum Gasteiger partial charge on any atom is 0.261 e. The Morgan fingerprint density at radius 2 is 2.13 bits per heavy atom. The second kappa shape index (κ2) is 3.50. The summed E-state index contributed by atoms with van der Waals surface area (Å²) in [6.07, 6.45) is 0.858. The monoisotopic (exact) mass is 202 g/mol. The summed E-state index contributed by atoms with van der Waals surface area (Å²) in [4.78, 5) is 16.5. The Kier molecular flexibility index (Phi) is 2.31. The van der Waals surface area contributed by atoms with Gasteiger partial charge in [0, 0.05) is 7.05 Å². The third kappa shape index (κ3) is 1.44. The van der Waals surface area contributed by atoms with Gasteiger partial charge in [0.25, 0.3) is 5.56 Å². The minimum atomic E-state index is 0.0509. The summed E-state index contributed by atoms with van der Waals surface area (Å²) >= 11 is 0. The molecule has 0 N–H and O–H groups in total. The van der Waals surface area contributed by atoms with E-state index in [0.29, 0.717) is 0 Å². The van der Waals surface area contributed by atoms with Crippen LogP contribution >= 0.6 is 0 Å². The fraction of sp³-hybridized carbons (Fsp3) is 0.333. The Hall–Kier alpha value is -1.64. The summed E-state index contributed by atoms with van der Waals surface area (Å²) in [7, 11) is 1.76. The Morgan fingerprint density at radius 3 is 2.80 bits per heavy atom. The molecule has 1 heterocycles. The summed E-state index contributed by atoms with van der Waals surface area (Å²) in [5.41, 5.74) is 1.92. The highest BCUT2D eigenvalue weighted by atomic mass is 16.1. The molecule has 0 atom stereocenters. The number of fused-ring (bicyclic) bond motifs is 1. The van der Waals surface area contributed by atoms with Gasteiger partial charge in [-0.05, 0) is 25.0 Å². The zero-order chi connectivity index (χ0) is 11.0. The van der Waals surface area contributed by atoms with Crippen molar-refractivity contribution in [3.05, 3.63) is 39.9 Å². The number of hydrogen-bond acceptors (Lipinski definition) is 2. The van der Waals surface area contributed by atoms with Crippen molar-refractivity contribution in [3.63, 3.8) is 0 Å². The van der Waals surface area contributed by atoms with Crippen molar-refractivity contribution >= 4 is 10.9 Å². The quantitative estimate of drug-likeness (QED) is 0.706. The minimum absolute atomic E-state index is 0.0509. The first-order chi connectivity index (χ1) is 7.15. The first-order valence-electron chi connectivity index (χ1n) is 5.10. The Morgan fingerprint density at radius 1 is 1.40 bits per heavy atom. The van der Waals surface area contributed by atoms with Crippen LogP contribution in [0.3, 0.4) is 0 Å². The van der Waals surface area contributed by atoms with Gasteiger partial charge in [0.2, 0.25) is 0 Å². The molecule has 0 spiro atoms. The Bertz CT molecular complexity index is 570. The fourth-order valence-corrected chi connectivity index (χ4v) is 1.79. The van der Waals surface area contributed by atoms with E-state index in [9.17, 15) is 4.79 Å². The first-order valence-corrected chi connectivity index (χ1v) is 5.10. The van der Waals surface area contributed by atoms with Crippen LogP contribution in [0.4, 0.5) is 0 Å². The first kappa shape index (κ1) is 9.90. The zero-order valence-electron chi connectivity index (χ0n) is 9.24. The molecular formula is C12H14N2O. The topological polar surface area (TPSA) is 34.9 Å². The van der Waals surface area contributed by atoms with E-state index < -0.39 is 0 Å². The van der Waals surface area contributed by atoms with Crippen LogP contribution in [0.25, 0.3) is 10.9 Å². The largest absolute Gasteiger partial charge is 0.299 e. The molecule has 0 aliphatic heterocycles. The minimum Gasteiger partial charge on any atom is -0.299 e. The molecule has 0 radical (unpaired) electrons. The average Bonchev–Trinajstić information content (AvgIpc) is 2.25. The molecule has 0 bridgehead atoms. The van der Waals surface area contributed by atoms with Gasteiger partial charge in [-0.1, -0.05) is 19.1 Å². The van der Waals surface area contributed by atoms with Gasteiger partial charge in [0.15, 0.2) is 0 Å². The molecule has 3 heteroatoms. The summed E-state index contributed by atoms with van der Waals surface area (Å²) in [6.45, 7) is 3.90. The van der Waals surface area contributed by atoms with E-state index in [1.165, 1.54) is 0 Å². The lowest BCUT2D eigenvalue weighted by Crippen LogP contribution is -2.21. The van der Waals surface area contributed by atoms with Crippen LogP contribution in [0.2, 0.25) is 0 Å². The Labute approximate surface area is 88.4 Å². The molecule has 1 aromatic heterocycles. The second-order valence-corrected chi connectivity index (χ2v) is 3.69. The standard InChI is InChI=1S/C12H14N2O/c1-4-9-6-5-7-10-11(9)12(15)14(3)8(2)13-10/h5-7H,4H2,1-3H3. The van der Waals surface area contributed by atoms with Gasteiger partial charge in [-0.2, -0.15) is 0 Å². The maximum atomic E-state index is 12.1. The smallest absolute Gasteiger partial charge is 0.261 e. The van der Waals surface area contributed by atoms with Crippen LogP contribution in [0.15, 0.2) is 23.0 Å². The van der Waals surface area contributed by atoms with Crippen LogP contribution in [0.5, 0.6) is 0 Å². The van der Waals surface area contributed by atoms with Gasteiger partial charge >= 0.3 is 0 Å². The van der Waals surface area contributed by atoms with Crippen molar-refractivity contribution in [2.45, 2.75) is 20.3 Å². The molecule has 0 aliphatic rings. The van der Waals surface area contributed by atoms with Crippen molar-refractivity contribution < 1.29 is 0 Å². The molecule has 2 rings (SSSR count). The van der Waals surface area contributed by atoms with Crippen molar-refractivity contribution in [3.8, 4) is 0 Å². The number of rotatable bonds is 1. The zero-order valence-corrected chi connectivity index (χ0v) is 9.24. The van der Waals surface area contributed by atoms with Crippen LogP contribution < -0.4 is 5.56 Å². The number of aromatic nitrogens is 2. The number of hydrogen-bond donors (Lipinski definition) is 0. The highest BCUT2D eigenvalue weighted by Crippen LogP contribution is 2.13. The maximum absolute atomic E-state index is 12.1. The predicted molar refractivity (Wildman–Crippen MR) is 61.1 cm³/mol. The van der Waals surface area contributed by atoms with E-state index >= 15 is 0 Å². The van der Waals surface area contributed by atoms with Gasteiger partial charge in [-0.15, -0.1) is 0 Å². The van der Waals surface area contributed by atoms with E-state index in [1.54, 1.807) is 11.6 Å². The molecule has 2 aromatic rings. The highest BCUT2D eigenvalue weighted by Gasteiger charge is 2.07. The number of nitrogens with zero attached hydrogens (tertiary/aromatic N) is 2. The number of benzene rings is 1. The lowest BCUT2D eigenvalue weighted by molar-refractivity contribution is 0.791. The van der Waals surface area contributed by atoms with Crippen LogP contribution in [0.1, 0.15) is 18.3 Å². The van der Waals surface area contributed by atoms with Gasteiger partial charge in [-0.3, -0.25) is 9.36 Å². The van der Waals surface area contributed by atoms with E-state index in [2.05, 4.69) is 4.98 Å². The van der Waals surface area contributed by atoms with Crippen molar-refractivity contribution in [2.75, 3.05) is 0 Å². The van der Waals surface area contributed by atoms with Gasteiger partial charge in [0.05, 0.1) is 10.9 Å². The van der Waals surface area contributed by atoms with E-state index in [0.717, 1.165) is 28.7 Å². The molecule has 78 valence electrons. The van der Waals surface area contributed by atoms with E-state index in [4.69, 9.17) is 0 Å². The van der Waals surface area contributed by atoms with Crippen LogP contribution in [-0.2, 0) is 13.5 Å². The summed E-state index contributed by atoms with van der Waals surface area (Å²) < 4.78 is 1.60. The van der Waals surface area contributed by atoms with Crippen molar-refractivity contribution in [1.29, 1.82) is 0 Å². The van der Waals surface area contributed by atoms with Crippen LogP contribution in [0, 0.1) is 6.92 Å². The summed E-state index contributed by atoms with van der Waals surface area (Å²) in [6, 6.07) is 5.83. The number of aryl methyl sites for hydroxylation is 2. The third-order valence-corrected chi connectivity index (χ3v) is 2.80. The van der Waals surface area contributed by atoms with Crippen molar-refractivity contribution in [2.24, 2.45) is 7.05 Å². The van der Waals surface area contributed by atoms with Gasteiger partial charge < -0.3 is 0 Å². The third-order valence-electron chi connectivity index (χ3n) is 2.80. The normalized spacial score (nSPS) is 10.9. The van der Waals surface area contributed by atoms with E-state index in [-0.39, 0.29) is 5.56 Å². The second-order valence-electron chi connectivity index (χ2n) is 3.69. The van der Waals surface area contributed by atoms with Gasteiger partial charge in [-0.25, -0.2) is 4.98 Å². The van der Waals surface area contributed by atoms with E-state index in [1.807, 2.05) is 32.0 Å². The average molecular weight is 202 g/mol. The molecule has 0 saturated heterocycles. The summed E-state index contributed by atoms with van der Waals surface area (Å²) in [5, 5.41) is 0.758. The predicted octanol–water partition coefficient (Wildman–Crippen LogP) is 1.80. The summed E-state index contributed by atoms with van der Waals surface area (Å²) in [5.74, 6) is 0.751. The van der Waals surface area contributed by atoms with Crippen LogP contribution in [-0.4, -0.2) is 9.55 Å². The molecule has 0 amide bonds. The highest BCUT2D eigenvalue weighted by molar-refractivity contribution is 5.81. The molecular weight excluding hydrogens is 188 g/mol. The molecule has 0 saturated carbocycles. The molecule has 15 heavy (non-hydrogen) atoms. The molecule has 0 unspecified atom stereocenters. The van der Waals surface area contributed by atoms with Crippen molar-refractivity contribution in [1.82, 2.24) is 9.55 Å². The Balaban J connectivity index is 3.00. The SMILES string of the molecule is CCc1cccc2nc(C)n(C)c(=O)c12.